The molecule has 5 N–H and O–H groups in total. The van der Waals surface area contributed by atoms with Crippen molar-refractivity contribution in [2.45, 2.75) is 13.3 Å². The normalized spacial score (nSPS) is 12.0. The second-order valence-corrected chi connectivity index (χ2v) is 9.74. The number of hydrogen-bond donors (Lipinski definition) is 4. The summed E-state index contributed by atoms with van der Waals surface area (Å²) >= 11 is 0. The molecule has 4 rings (SSSR count). The van der Waals surface area contributed by atoms with Crippen LogP contribution in [0.4, 0.5) is 31.7 Å². The Morgan fingerprint density at radius 2 is 2.03 bits per heavy atom. The highest BCUT2D eigenvalue weighted by atomic mass is 32.2. The molecule has 0 aliphatic rings. The number of rotatable bonds is 10. The Bertz CT molecular complexity index is 1670. The number of aromatic nitrogens is 3. The number of aromatic amines is 1. The van der Waals surface area contributed by atoms with Gasteiger partial charge in [-0.25, -0.2) is 37.2 Å². The number of carbonyl (C=O) groups is 1. The van der Waals surface area contributed by atoms with Gasteiger partial charge >= 0.3 is 0 Å². The molecule has 4 aromatic rings. The second kappa shape index (κ2) is 11.1. The minimum absolute atomic E-state index is 0.124. The summed E-state index contributed by atoms with van der Waals surface area (Å²) in [4.78, 5) is 32.3. The summed E-state index contributed by atoms with van der Waals surface area (Å²) in [6, 6.07) is 8.59. The van der Waals surface area contributed by atoms with E-state index in [0.29, 0.717) is 11.4 Å². The lowest BCUT2D eigenvalue weighted by molar-refractivity contribution is 0.103. The summed E-state index contributed by atoms with van der Waals surface area (Å²) in [5.41, 5.74) is 4.94. The van der Waals surface area contributed by atoms with Crippen LogP contribution in [0.3, 0.4) is 0 Å². The van der Waals surface area contributed by atoms with E-state index in [1.54, 1.807) is 31.2 Å². The van der Waals surface area contributed by atoms with Crippen LogP contribution in [0.25, 0.3) is 11.0 Å². The SMILES string of the molecule is CCCS(=O)(=O)Nc1ccc(F)c(C(=O)c2c[nH]c3ncnc(Nc4cccc(N=CN=CN)c4)c23)c1F. The minimum atomic E-state index is -3.89. The predicted molar refractivity (Wildman–Crippen MR) is 142 cm³/mol. The van der Waals surface area contributed by atoms with Crippen molar-refractivity contribution in [3.8, 4) is 0 Å². The van der Waals surface area contributed by atoms with Gasteiger partial charge in [0.25, 0.3) is 0 Å². The molecule has 0 atom stereocenters. The molecule has 11 nitrogen and oxygen atoms in total. The van der Waals surface area contributed by atoms with Gasteiger partial charge in [0.2, 0.25) is 15.8 Å². The lowest BCUT2D eigenvalue weighted by atomic mass is 10.0. The fourth-order valence-electron chi connectivity index (χ4n) is 3.64. The van der Waals surface area contributed by atoms with Crippen LogP contribution in [-0.4, -0.2) is 47.6 Å². The Hall–Kier alpha value is -4.72. The molecule has 0 bridgehead atoms. The Morgan fingerprint density at radius 3 is 2.79 bits per heavy atom. The van der Waals surface area contributed by atoms with Gasteiger partial charge in [-0.15, -0.1) is 0 Å². The first kappa shape index (κ1) is 26.3. The van der Waals surface area contributed by atoms with Crippen LogP contribution in [0.2, 0.25) is 0 Å². The maximum atomic E-state index is 15.3. The molecule has 0 saturated heterocycles. The zero-order chi connectivity index (χ0) is 27.3. The van der Waals surface area contributed by atoms with Gasteiger partial charge in [0.15, 0.2) is 5.82 Å². The van der Waals surface area contributed by atoms with E-state index in [-0.39, 0.29) is 34.6 Å². The summed E-state index contributed by atoms with van der Waals surface area (Å²) in [6.07, 6.45) is 5.15. The van der Waals surface area contributed by atoms with Crippen LogP contribution in [0, 0.1) is 11.6 Å². The molecule has 38 heavy (non-hydrogen) atoms. The number of benzene rings is 2. The van der Waals surface area contributed by atoms with Gasteiger partial charge in [-0.1, -0.05) is 13.0 Å². The average Bonchev–Trinajstić information content (AvgIpc) is 3.31. The van der Waals surface area contributed by atoms with E-state index in [0.717, 1.165) is 18.5 Å². The van der Waals surface area contributed by atoms with Crippen molar-refractivity contribution >= 4 is 62.4 Å². The standard InChI is InChI=1S/C24H22F2N8O3S/c1-2-8-38(36,37)34-18-7-6-17(25)20(21(18)26)22(35)16-10-29-23-19(16)24(32-13-31-23)33-15-5-3-4-14(9-15)30-12-28-11-27/h3-7,9-13,34H,2,8H2,1H3,(H2,27,28,30)(H2,29,31,32,33). The van der Waals surface area contributed by atoms with Crippen LogP contribution in [-0.2, 0) is 10.0 Å². The number of sulfonamides is 1. The Morgan fingerprint density at radius 1 is 1.21 bits per heavy atom. The van der Waals surface area contributed by atoms with Crippen molar-refractivity contribution in [1.29, 1.82) is 0 Å². The summed E-state index contributed by atoms with van der Waals surface area (Å²) in [6.45, 7) is 1.64. The number of carbonyl (C=O) groups excluding carboxylic acids is 1. The molecule has 0 aliphatic carbocycles. The van der Waals surface area contributed by atoms with Gasteiger partial charge in [0, 0.05) is 11.9 Å². The van der Waals surface area contributed by atoms with E-state index >= 15 is 4.39 Å². The van der Waals surface area contributed by atoms with Crippen molar-refractivity contribution in [1.82, 2.24) is 15.0 Å². The second-order valence-electron chi connectivity index (χ2n) is 7.90. The number of halogens is 2. The molecule has 0 unspecified atom stereocenters. The monoisotopic (exact) mass is 540 g/mol. The summed E-state index contributed by atoms with van der Waals surface area (Å²) in [5.74, 6) is -3.60. The molecule has 0 spiro atoms. The van der Waals surface area contributed by atoms with E-state index < -0.39 is 38.7 Å². The molecule has 0 amide bonds. The first-order chi connectivity index (χ1) is 18.2. The number of fused-ring (bicyclic) bond motifs is 1. The maximum absolute atomic E-state index is 15.3. The number of ketones is 1. The number of nitrogens with two attached hydrogens (primary N) is 1. The average molecular weight is 541 g/mol. The van der Waals surface area contributed by atoms with Crippen molar-refractivity contribution in [2.24, 2.45) is 15.7 Å². The molecule has 2 aromatic heterocycles. The van der Waals surface area contributed by atoms with Gasteiger partial charge < -0.3 is 16.0 Å². The van der Waals surface area contributed by atoms with Crippen molar-refractivity contribution < 1.29 is 22.0 Å². The quantitative estimate of drug-likeness (QED) is 0.134. The van der Waals surface area contributed by atoms with E-state index in [4.69, 9.17) is 5.73 Å². The zero-order valence-corrected chi connectivity index (χ0v) is 20.8. The summed E-state index contributed by atoms with van der Waals surface area (Å²) in [7, 11) is -3.89. The number of hydrogen-bond acceptors (Lipinski definition) is 7. The third-order valence-electron chi connectivity index (χ3n) is 5.24. The smallest absolute Gasteiger partial charge is 0.232 e. The molecule has 196 valence electrons. The van der Waals surface area contributed by atoms with Crippen molar-refractivity contribution in [3.63, 3.8) is 0 Å². The van der Waals surface area contributed by atoms with Crippen LogP contribution in [0.5, 0.6) is 0 Å². The fourth-order valence-corrected chi connectivity index (χ4v) is 4.77. The third kappa shape index (κ3) is 5.64. The molecule has 14 heteroatoms. The molecule has 0 radical (unpaired) electrons. The van der Waals surface area contributed by atoms with Crippen molar-refractivity contribution in [2.75, 3.05) is 15.8 Å². The highest BCUT2D eigenvalue weighted by molar-refractivity contribution is 7.92. The molecular weight excluding hydrogens is 518 g/mol. The maximum Gasteiger partial charge on any atom is 0.232 e. The van der Waals surface area contributed by atoms with Crippen LogP contribution in [0.1, 0.15) is 29.3 Å². The van der Waals surface area contributed by atoms with E-state index in [1.807, 2.05) is 0 Å². The molecule has 2 aromatic carbocycles. The van der Waals surface area contributed by atoms with Crippen LogP contribution >= 0.6 is 0 Å². The van der Waals surface area contributed by atoms with E-state index in [2.05, 4.69) is 35.0 Å². The molecule has 0 saturated carbocycles. The van der Waals surface area contributed by atoms with Crippen molar-refractivity contribution in [3.05, 3.63) is 71.7 Å². The lowest BCUT2D eigenvalue weighted by Crippen LogP contribution is -2.18. The van der Waals surface area contributed by atoms with Gasteiger partial charge in [-0.2, -0.15) is 0 Å². The predicted octanol–water partition coefficient (Wildman–Crippen LogP) is 4.01. The molecular formula is C24H22F2N8O3S. The number of nitrogens with zero attached hydrogens (tertiary/aromatic N) is 4. The largest absolute Gasteiger partial charge is 0.390 e. The first-order valence-electron chi connectivity index (χ1n) is 11.2. The Labute approximate surface area is 216 Å². The molecule has 0 aliphatic heterocycles. The topological polar surface area (TPSA) is 168 Å². The van der Waals surface area contributed by atoms with Gasteiger partial charge in [0.05, 0.1) is 40.0 Å². The van der Waals surface area contributed by atoms with Crippen LogP contribution in [0.15, 0.2) is 58.9 Å². The number of anilines is 3. The summed E-state index contributed by atoms with van der Waals surface area (Å²) in [5, 5.41) is 3.23. The third-order valence-corrected chi connectivity index (χ3v) is 6.72. The van der Waals surface area contributed by atoms with E-state index in [9.17, 15) is 17.6 Å². The molecule has 2 heterocycles. The lowest BCUT2D eigenvalue weighted by Gasteiger charge is -2.12. The fraction of sp³-hybridized carbons (Fsp3) is 0.125. The number of aliphatic imine (C=N–C) groups is 2. The Balaban J connectivity index is 1.74. The molecule has 0 fully saturated rings. The summed E-state index contributed by atoms with van der Waals surface area (Å²) < 4.78 is 56.4. The van der Waals surface area contributed by atoms with Gasteiger partial charge in [0.1, 0.15) is 29.9 Å². The number of nitrogens with one attached hydrogen (secondary N) is 3. The highest BCUT2D eigenvalue weighted by Crippen LogP contribution is 2.31. The number of H-pyrrole nitrogens is 1. The minimum Gasteiger partial charge on any atom is -0.390 e. The van der Waals surface area contributed by atoms with Gasteiger partial charge in [-0.05, 0) is 36.8 Å². The van der Waals surface area contributed by atoms with Gasteiger partial charge in [-0.3, -0.25) is 9.52 Å². The first-order valence-corrected chi connectivity index (χ1v) is 12.9. The highest BCUT2D eigenvalue weighted by Gasteiger charge is 2.27. The van der Waals surface area contributed by atoms with Crippen LogP contribution < -0.4 is 15.8 Å². The van der Waals surface area contributed by atoms with E-state index in [1.165, 1.54) is 18.9 Å². The Kier molecular flexibility index (Phi) is 7.71. The zero-order valence-electron chi connectivity index (χ0n) is 19.9.